The van der Waals surface area contributed by atoms with Crippen LogP contribution in [0.3, 0.4) is 0 Å². The van der Waals surface area contributed by atoms with Gasteiger partial charge in [0, 0.05) is 17.1 Å². The first-order valence-electron chi connectivity index (χ1n) is 12.1. The summed E-state index contributed by atoms with van der Waals surface area (Å²) in [6.45, 7) is 4.56. The van der Waals surface area contributed by atoms with Crippen molar-refractivity contribution < 1.29 is 0 Å². The molecule has 164 valence electrons. The predicted molar refractivity (Wildman–Crippen MR) is 146 cm³/mol. The third-order valence-corrected chi connectivity index (χ3v) is 6.68. The van der Waals surface area contributed by atoms with Gasteiger partial charge in [0.05, 0.1) is 5.69 Å². The number of benzene rings is 5. The third-order valence-electron chi connectivity index (χ3n) is 6.68. The zero-order valence-electron chi connectivity index (χ0n) is 19.6. The molecule has 0 fully saturated rings. The van der Waals surface area contributed by atoms with Gasteiger partial charge < -0.3 is 0 Å². The maximum Gasteiger partial charge on any atom is 0.0780 e. The van der Waals surface area contributed by atoms with Crippen molar-refractivity contribution in [3.05, 3.63) is 115 Å². The Morgan fingerprint density at radius 3 is 2.09 bits per heavy atom. The van der Waals surface area contributed by atoms with Crippen molar-refractivity contribution in [3.8, 4) is 22.4 Å². The van der Waals surface area contributed by atoms with Crippen molar-refractivity contribution in [2.24, 2.45) is 5.92 Å². The summed E-state index contributed by atoms with van der Waals surface area (Å²) in [4.78, 5) is 4.90. The van der Waals surface area contributed by atoms with Crippen LogP contribution in [0.25, 0.3) is 54.7 Å². The van der Waals surface area contributed by atoms with E-state index >= 15 is 0 Å². The molecule has 34 heavy (non-hydrogen) atoms. The summed E-state index contributed by atoms with van der Waals surface area (Å²) in [5.74, 6) is 0.594. The Morgan fingerprint density at radius 2 is 1.24 bits per heavy atom. The van der Waals surface area contributed by atoms with E-state index in [-0.39, 0.29) is 0 Å². The maximum absolute atomic E-state index is 4.90. The fourth-order valence-electron chi connectivity index (χ4n) is 5.20. The normalized spacial score (nSPS) is 11.6. The lowest BCUT2D eigenvalue weighted by molar-refractivity contribution is 0.647. The summed E-state index contributed by atoms with van der Waals surface area (Å²) < 4.78 is 0. The number of hydrogen-bond donors (Lipinski definition) is 0. The Labute approximate surface area is 200 Å². The molecule has 0 aliphatic heterocycles. The predicted octanol–water partition coefficient (Wildman–Crippen LogP) is 9.07. The number of pyridine rings is 1. The summed E-state index contributed by atoms with van der Waals surface area (Å²) in [7, 11) is 0. The highest BCUT2D eigenvalue weighted by Crippen LogP contribution is 2.36. The zero-order chi connectivity index (χ0) is 23.1. The molecule has 1 heteroatoms. The highest BCUT2D eigenvalue weighted by atomic mass is 14.7. The molecule has 6 rings (SSSR count). The first kappa shape index (κ1) is 20.6. The van der Waals surface area contributed by atoms with Crippen molar-refractivity contribution >= 4 is 32.3 Å². The molecule has 0 aliphatic carbocycles. The summed E-state index contributed by atoms with van der Waals surface area (Å²) in [5.41, 5.74) is 6.08. The van der Waals surface area contributed by atoms with Crippen LogP contribution in [0.1, 0.15) is 19.4 Å². The Hall–Kier alpha value is -3.97. The van der Waals surface area contributed by atoms with Crippen LogP contribution in [0.4, 0.5) is 0 Å². The van der Waals surface area contributed by atoms with Crippen LogP contribution < -0.4 is 0 Å². The monoisotopic (exact) mass is 437 g/mol. The Morgan fingerprint density at radius 1 is 0.559 bits per heavy atom. The molecule has 0 saturated carbocycles. The van der Waals surface area contributed by atoms with Crippen molar-refractivity contribution in [2.45, 2.75) is 20.3 Å². The van der Waals surface area contributed by atoms with E-state index in [1.165, 1.54) is 54.6 Å². The SMILES string of the molecule is CC(C)Cc1cc(-c2ccccc2)cc(-c2nccc3c2ccc2c4ccccc4ccc32)c1. The van der Waals surface area contributed by atoms with E-state index in [4.69, 9.17) is 4.98 Å². The van der Waals surface area contributed by atoms with Crippen molar-refractivity contribution in [1.29, 1.82) is 0 Å². The van der Waals surface area contributed by atoms with Crippen molar-refractivity contribution in [2.75, 3.05) is 0 Å². The van der Waals surface area contributed by atoms with Crippen LogP contribution in [0.5, 0.6) is 0 Å². The molecule has 6 aromatic rings. The quantitative estimate of drug-likeness (QED) is 0.251. The number of hydrogen-bond acceptors (Lipinski definition) is 1. The van der Waals surface area contributed by atoms with Gasteiger partial charge in [0.2, 0.25) is 0 Å². The number of rotatable bonds is 4. The van der Waals surface area contributed by atoms with E-state index in [2.05, 4.69) is 117 Å². The minimum atomic E-state index is 0.594. The summed E-state index contributed by atoms with van der Waals surface area (Å²) in [6, 6.07) is 37.4. The smallest absolute Gasteiger partial charge is 0.0780 e. The van der Waals surface area contributed by atoms with Gasteiger partial charge >= 0.3 is 0 Å². The van der Waals surface area contributed by atoms with Gasteiger partial charge in [0.1, 0.15) is 0 Å². The van der Waals surface area contributed by atoms with E-state index < -0.39 is 0 Å². The average molecular weight is 438 g/mol. The second kappa shape index (κ2) is 8.43. The molecule has 1 nitrogen and oxygen atoms in total. The van der Waals surface area contributed by atoms with Crippen LogP contribution in [0.15, 0.2) is 109 Å². The molecule has 0 radical (unpaired) electrons. The molecule has 0 bridgehead atoms. The summed E-state index contributed by atoms with van der Waals surface area (Å²) in [5, 5.41) is 7.60. The Kier molecular flexibility index (Phi) is 5.11. The molecule has 0 N–H and O–H groups in total. The zero-order valence-corrected chi connectivity index (χ0v) is 19.6. The lowest BCUT2D eigenvalue weighted by atomic mass is 9.92. The number of nitrogens with zero attached hydrogens (tertiary/aromatic N) is 1. The van der Waals surface area contributed by atoms with Crippen LogP contribution >= 0.6 is 0 Å². The second-order valence-electron chi connectivity index (χ2n) is 9.58. The van der Waals surface area contributed by atoms with E-state index in [1.807, 2.05) is 6.20 Å². The largest absolute Gasteiger partial charge is 0.256 e. The standard InChI is InChI=1S/C33H27N/c1-22(2)18-23-19-26(24-8-4-3-5-9-24)21-27(20-23)33-32-15-14-29-28-11-7-6-10-25(28)12-13-30(29)31(32)16-17-34-33/h3-17,19-22H,18H2,1-2H3. The first-order valence-corrected chi connectivity index (χ1v) is 12.1. The molecule has 0 atom stereocenters. The van der Waals surface area contributed by atoms with E-state index in [9.17, 15) is 0 Å². The first-order chi connectivity index (χ1) is 16.7. The molecule has 0 saturated heterocycles. The van der Waals surface area contributed by atoms with E-state index in [0.29, 0.717) is 5.92 Å². The highest BCUT2D eigenvalue weighted by Gasteiger charge is 2.13. The van der Waals surface area contributed by atoms with Gasteiger partial charge in [-0.2, -0.15) is 0 Å². The third kappa shape index (κ3) is 3.64. The topological polar surface area (TPSA) is 12.9 Å². The van der Waals surface area contributed by atoms with Gasteiger partial charge in [-0.3, -0.25) is 4.98 Å². The molecule has 1 heterocycles. The molecule has 5 aromatic carbocycles. The second-order valence-corrected chi connectivity index (χ2v) is 9.58. The lowest BCUT2D eigenvalue weighted by Gasteiger charge is -2.14. The van der Waals surface area contributed by atoms with Gasteiger partial charge in [-0.05, 0) is 74.2 Å². The van der Waals surface area contributed by atoms with Gasteiger partial charge in [-0.15, -0.1) is 0 Å². The lowest BCUT2D eigenvalue weighted by Crippen LogP contribution is -1.96. The van der Waals surface area contributed by atoms with Crippen LogP contribution in [-0.2, 0) is 6.42 Å². The van der Waals surface area contributed by atoms with Gasteiger partial charge in [0.15, 0.2) is 0 Å². The fraction of sp³-hybridized carbons (Fsp3) is 0.121. The summed E-state index contributed by atoms with van der Waals surface area (Å²) in [6.07, 6.45) is 3.01. The number of aromatic nitrogens is 1. The van der Waals surface area contributed by atoms with Crippen LogP contribution in [-0.4, -0.2) is 4.98 Å². The van der Waals surface area contributed by atoms with E-state index in [1.54, 1.807) is 0 Å². The van der Waals surface area contributed by atoms with Gasteiger partial charge in [0.25, 0.3) is 0 Å². The molecule has 1 aromatic heterocycles. The molecule has 0 spiro atoms. The molecular formula is C33H27N. The highest BCUT2D eigenvalue weighted by molar-refractivity contribution is 6.18. The van der Waals surface area contributed by atoms with Crippen LogP contribution in [0.2, 0.25) is 0 Å². The molecule has 0 aliphatic rings. The summed E-state index contributed by atoms with van der Waals surface area (Å²) >= 11 is 0. The average Bonchev–Trinajstić information content (AvgIpc) is 2.88. The van der Waals surface area contributed by atoms with Gasteiger partial charge in [-0.25, -0.2) is 0 Å². The molecule has 0 unspecified atom stereocenters. The Balaban J connectivity index is 1.60. The Bertz CT molecular complexity index is 1640. The van der Waals surface area contributed by atoms with Crippen LogP contribution in [0, 0.1) is 5.92 Å². The fourth-order valence-corrected chi connectivity index (χ4v) is 5.20. The van der Waals surface area contributed by atoms with Crippen molar-refractivity contribution in [3.63, 3.8) is 0 Å². The number of fused-ring (bicyclic) bond motifs is 5. The minimum absolute atomic E-state index is 0.594. The van der Waals surface area contributed by atoms with E-state index in [0.717, 1.165) is 12.1 Å². The minimum Gasteiger partial charge on any atom is -0.256 e. The van der Waals surface area contributed by atoms with Gasteiger partial charge in [-0.1, -0.05) is 98.8 Å². The maximum atomic E-state index is 4.90. The molecular weight excluding hydrogens is 410 g/mol. The molecule has 0 amide bonds. The van der Waals surface area contributed by atoms with Crippen molar-refractivity contribution in [1.82, 2.24) is 4.98 Å².